The Morgan fingerprint density at radius 2 is 1.84 bits per heavy atom. The van der Waals surface area contributed by atoms with Crippen LogP contribution in [0.25, 0.3) is 0 Å². The normalized spacial score (nSPS) is 11.1. The van der Waals surface area contributed by atoms with Gasteiger partial charge in [-0.2, -0.15) is 0 Å². The van der Waals surface area contributed by atoms with Crippen LogP contribution in [0.15, 0.2) is 17.1 Å². The molecule has 0 amide bonds. The number of guanidine groups is 1. The van der Waals surface area contributed by atoms with Gasteiger partial charge in [0.15, 0.2) is 23.4 Å². The van der Waals surface area contributed by atoms with E-state index >= 15 is 0 Å². The van der Waals surface area contributed by atoms with E-state index in [-0.39, 0.29) is 24.0 Å². The Kier molecular flexibility index (Phi) is 8.53. The highest BCUT2D eigenvalue weighted by molar-refractivity contribution is 14.0. The van der Waals surface area contributed by atoms with E-state index in [1.54, 1.807) is 0 Å². The average Bonchev–Trinajstić information content (AvgIpc) is 2.33. The predicted octanol–water partition coefficient (Wildman–Crippen LogP) is 2.58. The second kappa shape index (κ2) is 9.00. The summed E-state index contributed by atoms with van der Waals surface area (Å²) in [5.74, 6) is -3.52. The lowest BCUT2D eigenvalue weighted by Crippen LogP contribution is -2.33. The summed E-state index contributed by atoms with van der Waals surface area (Å²) >= 11 is 0. The zero-order valence-corrected chi connectivity index (χ0v) is 12.9. The molecule has 0 radical (unpaired) electrons. The molecule has 0 bridgehead atoms. The average molecular weight is 387 g/mol. The minimum atomic E-state index is -1.45. The highest BCUT2D eigenvalue weighted by Gasteiger charge is 2.10. The lowest BCUT2D eigenvalue weighted by atomic mass is 10.1. The minimum absolute atomic E-state index is 0. The maximum atomic E-state index is 12.9. The fourth-order valence-corrected chi connectivity index (χ4v) is 1.38. The molecule has 3 N–H and O–H groups in total. The number of benzene rings is 1. The Morgan fingerprint density at radius 3 is 2.37 bits per heavy atom. The lowest BCUT2D eigenvalue weighted by molar-refractivity contribution is 0.445. The van der Waals surface area contributed by atoms with Gasteiger partial charge in [-0.1, -0.05) is 6.92 Å². The highest BCUT2D eigenvalue weighted by Crippen LogP contribution is 2.13. The second-order valence-corrected chi connectivity index (χ2v) is 3.82. The monoisotopic (exact) mass is 387 g/mol. The maximum absolute atomic E-state index is 12.9. The van der Waals surface area contributed by atoms with Crippen molar-refractivity contribution in [2.45, 2.75) is 19.8 Å². The fourth-order valence-electron chi connectivity index (χ4n) is 1.38. The summed E-state index contributed by atoms with van der Waals surface area (Å²) in [5.41, 5.74) is 5.90. The van der Waals surface area contributed by atoms with Gasteiger partial charge in [0.2, 0.25) is 0 Å². The smallest absolute Gasteiger partial charge is 0.194 e. The molecule has 1 aromatic carbocycles. The second-order valence-electron chi connectivity index (χ2n) is 3.82. The van der Waals surface area contributed by atoms with Crippen molar-refractivity contribution in [1.29, 1.82) is 0 Å². The first-order chi connectivity index (χ1) is 8.54. The van der Waals surface area contributed by atoms with Gasteiger partial charge in [-0.25, -0.2) is 13.2 Å². The summed E-state index contributed by atoms with van der Waals surface area (Å²) in [4.78, 5) is 4.00. The number of halogens is 4. The van der Waals surface area contributed by atoms with Crippen molar-refractivity contribution in [2.24, 2.45) is 10.7 Å². The van der Waals surface area contributed by atoms with Crippen LogP contribution in [0.5, 0.6) is 0 Å². The third kappa shape index (κ3) is 6.13. The molecule has 0 aliphatic carbocycles. The molecule has 108 valence electrons. The standard InChI is InChI=1S/C12H16F3N3.HI/c1-2-4-17-12(16)18-5-3-8-6-9(13)11(15)10(14)7-8;/h6-7H,2-5H2,1H3,(H3,16,17,18);1H. The molecule has 7 heteroatoms. The van der Waals surface area contributed by atoms with Gasteiger partial charge in [0.25, 0.3) is 0 Å². The zero-order chi connectivity index (χ0) is 13.5. The van der Waals surface area contributed by atoms with E-state index in [1.165, 1.54) is 0 Å². The van der Waals surface area contributed by atoms with E-state index in [2.05, 4.69) is 10.3 Å². The van der Waals surface area contributed by atoms with Gasteiger partial charge < -0.3 is 11.1 Å². The van der Waals surface area contributed by atoms with Crippen LogP contribution in [0.1, 0.15) is 18.9 Å². The molecule has 0 aliphatic rings. The number of hydrogen-bond donors (Lipinski definition) is 2. The van der Waals surface area contributed by atoms with Crippen LogP contribution in [0.3, 0.4) is 0 Å². The van der Waals surface area contributed by atoms with Gasteiger partial charge >= 0.3 is 0 Å². The van der Waals surface area contributed by atoms with Crippen molar-refractivity contribution in [3.8, 4) is 0 Å². The quantitative estimate of drug-likeness (QED) is 0.353. The van der Waals surface area contributed by atoms with Crippen molar-refractivity contribution in [3.63, 3.8) is 0 Å². The summed E-state index contributed by atoms with van der Waals surface area (Å²) < 4.78 is 38.5. The summed E-state index contributed by atoms with van der Waals surface area (Å²) in [5, 5.41) is 2.81. The van der Waals surface area contributed by atoms with Crippen LogP contribution >= 0.6 is 24.0 Å². The number of hydrogen-bond acceptors (Lipinski definition) is 1. The molecular formula is C12H17F3IN3. The van der Waals surface area contributed by atoms with Crippen LogP contribution in [-0.2, 0) is 6.42 Å². The van der Waals surface area contributed by atoms with Crippen LogP contribution < -0.4 is 11.1 Å². The van der Waals surface area contributed by atoms with Crippen molar-refractivity contribution in [2.75, 3.05) is 13.1 Å². The number of nitrogens with zero attached hydrogens (tertiary/aromatic N) is 1. The van der Waals surface area contributed by atoms with Gasteiger partial charge in [-0.3, -0.25) is 4.99 Å². The molecule has 0 heterocycles. The van der Waals surface area contributed by atoms with Crippen molar-refractivity contribution < 1.29 is 13.2 Å². The molecule has 1 rings (SSSR count). The first-order valence-electron chi connectivity index (χ1n) is 5.71. The molecule has 0 aliphatic heterocycles. The molecule has 0 aromatic heterocycles. The number of nitrogens with two attached hydrogens (primary N) is 1. The summed E-state index contributed by atoms with van der Waals surface area (Å²) in [6, 6.07) is 1.94. The van der Waals surface area contributed by atoms with Gasteiger partial charge in [-0.05, 0) is 30.5 Å². The molecule has 3 nitrogen and oxygen atoms in total. The first kappa shape index (κ1) is 18.0. The first-order valence-corrected chi connectivity index (χ1v) is 5.71. The third-order valence-corrected chi connectivity index (χ3v) is 2.27. The summed E-state index contributed by atoms with van der Waals surface area (Å²) in [6.45, 7) is 2.98. The van der Waals surface area contributed by atoms with E-state index in [1.807, 2.05) is 6.92 Å². The lowest BCUT2D eigenvalue weighted by Gasteiger charge is -2.06. The predicted molar refractivity (Wildman–Crippen MR) is 80.2 cm³/mol. The largest absolute Gasteiger partial charge is 0.370 e. The Labute approximate surface area is 127 Å². The minimum Gasteiger partial charge on any atom is -0.370 e. The van der Waals surface area contributed by atoms with Crippen LogP contribution in [0.2, 0.25) is 0 Å². The molecule has 1 aromatic rings. The number of aliphatic imine (C=N–C) groups is 1. The fraction of sp³-hybridized carbons (Fsp3) is 0.417. The Balaban J connectivity index is 0.00000324. The zero-order valence-electron chi connectivity index (χ0n) is 10.5. The topological polar surface area (TPSA) is 50.4 Å². The SMILES string of the molecule is CCCN=C(N)NCCc1cc(F)c(F)c(F)c1.I. The van der Waals surface area contributed by atoms with Gasteiger partial charge in [-0.15, -0.1) is 24.0 Å². The van der Waals surface area contributed by atoms with Crippen molar-refractivity contribution in [1.82, 2.24) is 5.32 Å². The van der Waals surface area contributed by atoms with Crippen LogP contribution in [-0.4, -0.2) is 19.0 Å². The molecule has 0 saturated heterocycles. The van der Waals surface area contributed by atoms with E-state index in [9.17, 15) is 13.2 Å². The molecule has 19 heavy (non-hydrogen) atoms. The maximum Gasteiger partial charge on any atom is 0.194 e. The van der Waals surface area contributed by atoms with Gasteiger partial charge in [0.1, 0.15) is 0 Å². The number of nitrogens with one attached hydrogen (secondary N) is 1. The molecule has 0 unspecified atom stereocenters. The van der Waals surface area contributed by atoms with E-state index in [0.717, 1.165) is 18.6 Å². The molecule has 0 atom stereocenters. The van der Waals surface area contributed by atoms with Crippen molar-refractivity contribution in [3.05, 3.63) is 35.1 Å². The molecular weight excluding hydrogens is 370 g/mol. The van der Waals surface area contributed by atoms with E-state index < -0.39 is 17.5 Å². The van der Waals surface area contributed by atoms with Crippen molar-refractivity contribution >= 4 is 29.9 Å². The molecule has 0 fully saturated rings. The van der Waals surface area contributed by atoms with Gasteiger partial charge in [0.05, 0.1) is 0 Å². The number of rotatable bonds is 5. The Bertz CT molecular complexity index is 415. The summed E-state index contributed by atoms with van der Waals surface area (Å²) in [7, 11) is 0. The van der Waals surface area contributed by atoms with Crippen LogP contribution in [0, 0.1) is 17.5 Å². The van der Waals surface area contributed by atoms with Gasteiger partial charge in [0, 0.05) is 13.1 Å². The van der Waals surface area contributed by atoms with Crippen LogP contribution in [0.4, 0.5) is 13.2 Å². The summed E-state index contributed by atoms with van der Waals surface area (Å²) in [6.07, 6.45) is 1.22. The van der Waals surface area contributed by atoms with E-state index in [4.69, 9.17) is 5.73 Å². The Morgan fingerprint density at radius 1 is 1.26 bits per heavy atom. The molecule has 0 spiro atoms. The van der Waals surface area contributed by atoms with E-state index in [0.29, 0.717) is 31.0 Å². The molecule has 0 saturated carbocycles. The Hall–Kier alpha value is -0.990. The third-order valence-electron chi connectivity index (χ3n) is 2.27. The highest BCUT2D eigenvalue weighted by atomic mass is 127.